The molecule has 1 saturated carbocycles. The summed E-state index contributed by atoms with van der Waals surface area (Å²) >= 11 is 0. The first-order chi connectivity index (χ1) is 9.93. The number of nitrogens with one attached hydrogen (secondary N) is 1. The first-order valence-corrected chi connectivity index (χ1v) is 8.83. The molecule has 21 heavy (non-hydrogen) atoms. The zero-order chi connectivity index (χ0) is 15.0. The Hall–Kier alpha value is -1.70. The van der Waals surface area contributed by atoms with Gasteiger partial charge in [0.2, 0.25) is 5.91 Å². The van der Waals surface area contributed by atoms with Gasteiger partial charge in [-0.3, -0.25) is 9.59 Å². The maximum atomic E-state index is 11.9. The first-order valence-electron chi connectivity index (χ1n) is 7.01. The van der Waals surface area contributed by atoms with Crippen LogP contribution < -0.4 is 10.9 Å². The van der Waals surface area contributed by atoms with E-state index in [-0.39, 0.29) is 35.6 Å². The first kappa shape index (κ1) is 14.2. The Labute approximate surface area is 122 Å². The number of aromatic nitrogens is 2. The SMILES string of the molecule is O=C(Cn1nc(C2CC2)ccc1=O)NC1CCS(=O)(=O)C1. The van der Waals surface area contributed by atoms with Crippen molar-refractivity contribution in [3.05, 3.63) is 28.2 Å². The van der Waals surface area contributed by atoms with E-state index in [0.29, 0.717) is 12.3 Å². The van der Waals surface area contributed by atoms with Crippen LogP contribution in [-0.4, -0.2) is 41.7 Å². The molecule has 8 heteroatoms. The average Bonchev–Trinajstić information content (AvgIpc) is 3.18. The number of nitrogens with zero attached hydrogens (tertiary/aromatic N) is 2. The van der Waals surface area contributed by atoms with Crippen molar-refractivity contribution in [3.63, 3.8) is 0 Å². The van der Waals surface area contributed by atoms with E-state index in [4.69, 9.17) is 0 Å². The molecule has 0 radical (unpaired) electrons. The number of carbonyl (C=O) groups is 1. The van der Waals surface area contributed by atoms with Gasteiger partial charge in [0.25, 0.3) is 5.56 Å². The number of rotatable bonds is 4. The summed E-state index contributed by atoms with van der Waals surface area (Å²) in [4.78, 5) is 23.6. The minimum Gasteiger partial charge on any atom is -0.351 e. The van der Waals surface area contributed by atoms with Gasteiger partial charge in [0, 0.05) is 18.0 Å². The minimum atomic E-state index is -3.03. The molecule has 2 fully saturated rings. The summed E-state index contributed by atoms with van der Waals surface area (Å²) in [5, 5.41) is 6.86. The molecule has 2 heterocycles. The molecule has 2 aliphatic rings. The van der Waals surface area contributed by atoms with Crippen molar-refractivity contribution in [1.29, 1.82) is 0 Å². The van der Waals surface area contributed by atoms with Gasteiger partial charge >= 0.3 is 0 Å². The van der Waals surface area contributed by atoms with Crippen molar-refractivity contribution < 1.29 is 13.2 Å². The lowest BCUT2D eigenvalue weighted by Crippen LogP contribution is -2.40. The van der Waals surface area contributed by atoms with E-state index in [1.165, 1.54) is 6.07 Å². The Morgan fingerprint density at radius 3 is 2.71 bits per heavy atom. The van der Waals surface area contributed by atoms with Gasteiger partial charge in [-0.25, -0.2) is 13.1 Å². The molecule has 3 rings (SSSR count). The summed E-state index contributed by atoms with van der Waals surface area (Å²) in [6.45, 7) is -0.171. The highest BCUT2D eigenvalue weighted by molar-refractivity contribution is 7.91. The van der Waals surface area contributed by atoms with E-state index in [1.54, 1.807) is 6.07 Å². The second kappa shape index (κ2) is 5.25. The molecule has 1 unspecified atom stereocenters. The Bertz CT molecular complexity index is 721. The summed E-state index contributed by atoms with van der Waals surface area (Å²) in [6, 6.07) is 2.77. The van der Waals surface area contributed by atoms with Crippen LogP contribution in [0.4, 0.5) is 0 Å². The van der Waals surface area contributed by atoms with Crippen LogP contribution in [-0.2, 0) is 21.2 Å². The summed E-state index contributed by atoms with van der Waals surface area (Å²) in [5.41, 5.74) is 0.513. The molecule has 1 aromatic rings. The lowest BCUT2D eigenvalue weighted by molar-refractivity contribution is -0.122. The van der Waals surface area contributed by atoms with Crippen molar-refractivity contribution >= 4 is 15.7 Å². The topological polar surface area (TPSA) is 98.1 Å². The summed E-state index contributed by atoms with van der Waals surface area (Å²) < 4.78 is 23.8. The zero-order valence-electron chi connectivity index (χ0n) is 11.5. The number of amides is 1. The van der Waals surface area contributed by atoms with E-state index in [1.807, 2.05) is 0 Å². The molecule has 1 amide bonds. The van der Waals surface area contributed by atoms with Gasteiger partial charge in [-0.15, -0.1) is 0 Å². The fourth-order valence-corrected chi connectivity index (χ4v) is 4.17. The third-order valence-electron chi connectivity index (χ3n) is 3.77. The standard InChI is InChI=1S/C13H17N3O4S/c17-12(14-10-5-6-21(19,20)8-10)7-16-13(18)4-3-11(15-16)9-1-2-9/h3-4,9-10H,1-2,5-8H2,(H,14,17). The number of sulfone groups is 1. The largest absolute Gasteiger partial charge is 0.351 e. The van der Waals surface area contributed by atoms with Gasteiger partial charge in [0.15, 0.2) is 9.84 Å². The number of hydrogen-bond donors (Lipinski definition) is 1. The predicted molar refractivity (Wildman–Crippen MR) is 75.7 cm³/mol. The van der Waals surface area contributed by atoms with Crippen molar-refractivity contribution in [2.75, 3.05) is 11.5 Å². The lowest BCUT2D eigenvalue weighted by Gasteiger charge is -2.11. The van der Waals surface area contributed by atoms with Crippen molar-refractivity contribution in [3.8, 4) is 0 Å². The number of hydrogen-bond acceptors (Lipinski definition) is 5. The third-order valence-corrected chi connectivity index (χ3v) is 5.54. The lowest BCUT2D eigenvalue weighted by atomic mass is 10.2. The molecule has 0 aromatic carbocycles. The van der Waals surface area contributed by atoms with Gasteiger partial charge in [0.1, 0.15) is 6.54 Å². The highest BCUT2D eigenvalue weighted by Gasteiger charge is 2.29. The van der Waals surface area contributed by atoms with E-state index >= 15 is 0 Å². The molecule has 1 aliphatic heterocycles. The normalized spacial score (nSPS) is 23.9. The average molecular weight is 311 g/mol. The molecule has 1 aliphatic carbocycles. The second-order valence-electron chi connectivity index (χ2n) is 5.70. The maximum absolute atomic E-state index is 11.9. The smallest absolute Gasteiger partial charge is 0.267 e. The Morgan fingerprint density at radius 1 is 1.33 bits per heavy atom. The van der Waals surface area contributed by atoms with E-state index in [2.05, 4.69) is 10.4 Å². The minimum absolute atomic E-state index is 0.0246. The van der Waals surface area contributed by atoms with E-state index < -0.39 is 9.84 Å². The molecule has 0 bridgehead atoms. The van der Waals surface area contributed by atoms with Crippen LogP contribution in [0, 0.1) is 0 Å². The van der Waals surface area contributed by atoms with E-state index in [9.17, 15) is 18.0 Å². The molecule has 1 aromatic heterocycles. The summed E-state index contributed by atoms with van der Waals surface area (Å²) in [5.74, 6) is 0.107. The highest BCUT2D eigenvalue weighted by atomic mass is 32.2. The van der Waals surface area contributed by atoms with Gasteiger partial charge in [-0.1, -0.05) is 0 Å². The third kappa shape index (κ3) is 3.49. The van der Waals surface area contributed by atoms with Crippen LogP contribution in [0.5, 0.6) is 0 Å². The maximum Gasteiger partial charge on any atom is 0.267 e. The monoisotopic (exact) mass is 311 g/mol. The fraction of sp³-hybridized carbons (Fsp3) is 0.615. The van der Waals surface area contributed by atoms with Crippen molar-refractivity contribution in [1.82, 2.24) is 15.1 Å². The highest BCUT2D eigenvalue weighted by Crippen LogP contribution is 2.38. The van der Waals surface area contributed by atoms with Crippen molar-refractivity contribution in [2.45, 2.75) is 37.8 Å². The Balaban J connectivity index is 1.64. The summed E-state index contributed by atoms with van der Waals surface area (Å²) in [7, 11) is -3.03. The van der Waals surface area contributed by atoms with Crippen LogP contribution >= 0.6 is 0 Å². The second-order valence-corrected chi connectivity index (χ2v) is 7.92. The predicted octanol–water partition coefficient (Wildman–Crippen LogP) is -0.576. The van der Waals surface area contributed by atoms with Crippen LogP contribution in [0.1, 0.15) is 30.9 Å². The van der Waals surface area contributed by atoms with Crippen LogP contribution in [0.25, 0.3) is 0 Å². The molecule has 1 N–H and O–H groups in total. The van der Waals surface area contributed by atoms with Gasteiger partial charge < -0.3 is 5.32 Å². The van der Waals surface area contributed by atoms with Gasteiger partial charge in [-0.05, 0) is 25.3 Å². The fourth-order valence-electron chi connectivity index (χ4n) is 2.49. The molecular weight excluding hydrogens is 294 g/mol. The van der Waals surface area contributed by atoms with Crippen LogP contribution in [0.3, 0.4) is 0 Å². The molecule has 1 saturated heterocycles. The molecule has 7 nitrogen and oxygen atoms in total. The molecule has 114 valence electrons. The van der Waals surface area contributed by atoms with Crippen LogP contribution in [0.2, 0.25) is 0 Å². The molecule has 1 atom stereocenters. The van der Waals surface area contributed by atoms with Crippen LogP contribution in [0.15, 0.2) is 16.9 Å². The Morgan fingerprint density at radius 2 is 2.10 bits per heavy atom. The zero-order valence-corrected chi connectivity index (χ0v) is 12.3. The number of carbonyl (C=O) groups excluding carboxylic acids is 1. The van der Waals surface area contributed by atoms with Crippen molar-refractivity contribution in [2.24, 2.45) is 0 Å². The Kier molecular flexibility index (Phi) is 3.56. The molecule has 0 spiro atoms. The molecular formula is C13H17N3O4S. The van der Waals surface area contributed by atoms with Gasteiger partial charge in [-0.2, -0.15) is 5.10 Å². The summed E-state index contributed by atoms with van der Waals surface area (Å²) in [6.07, 6.45) is 2.56. The quantitative estimate of drug-likeness (QED) is 0.802. The van der Waals surface area contributed by atoms with Gasteiger partial charge in [0.05, 0.1) is 17.2 Å². The van der Waals surface area contributed by atoms with E-state index in [0.717, 1.165) is 23.2 Å².